The van der Waals surface area contributed by atoms with E-state index >= 15 is 0 Å². The second-order valence-corrected chi connectivity index (χ2v) is 11.2. The van der Waals surface area contributed by atoms with Gasteiger partial charge in [0.25, 0.3) is 0 Å². The fourth-order valence-corrected chi connectivity index (χ4v) is 6.15. The Kier molecular flexibility index (Phi) is 6.17. The van der Waals surface area contributed by atoms with Gasteiger partial charge in [0.15, 0.2) is 0 Å². The number of likely N-dealkylation sites (N-methyl/N-ethyl adjacent to an activating group) is 1. The normalized spacial score (nSPS) is 20.2. The number of hydrogen-bond acceptors (Lipinski definition) is 8. The summed E-state index contributed by atoms with van der Waals surface area (Å²) in [5, 5.41) is 2.80. The van der Waals surface area contributed by atoms with Gasteiger partial charge in [0, 0.05) is 76.2 Å². The number of fused-ring (bicyclic) bond motifs is 1. The van der Waals surface area contributed by atoms with Gasteiger partial charge in [0.05, 0.1) is 4.90 Å². The van der Waals surface area contributed by atoms with Gasteiger partial charge in [-0.05, 0) is 44.2 Å². The Morgan fingerprint density at radius 3 is 2.32 bits per heavy atom. The van der Waals surface area contributed by atoms with Crippen molar-refractivity contribution < 1.29 is 13.2 Å². The van der Waals surface area contributed by atoms with Crippen molar-refractivity contribution in [3.63, 3.8) is 0 Å². The van der Waals surface area contributed by atoms with E-state index in [9.17, 15) is 13.2 Å². The van der Waals surface area contributed by atoms with E-state index in [1.807, 2.05) is 13.0 Å². The number of nitrogens with one attached hydrogen (secondary N) is 1. The molecule has 3 aliphatic rings. The Bertz CT molecular complexity index is 1190. The van der Waals surface area contributed by atoms with E-state index in [-0.39, 0.29) is 10.8 Å². The maximum Gasteiger partial charge on any atom is 0.243 e. The lowest BCUT2D eigenvalue weighted by Gasteiger charge is -2.36. The van der Waals surface area contributed by atoms with Crippen LogP contribution in [0.2, 0.25) is 0 Å². The molecule has 11 heteroatoms. The van der Waals surface area contributed by atoms with Gasteiger partial charge in [0.2, 0.25) is 21.9 Å². The average Bonchev–Trinajstić information content (AvgIpc) is 2.84. The van der Waals surface area contributed by atoms with Crippen molar-refractivity contribution in [2.75, 3.05) is 74.5 Å². The highest BCUT2D eigenvalue weighted by Crippen LogP contribution is 2.28. The highest BCUT2D eigenvalue weighted by molar-refractivity contribution is 7.89. The summed E-state index contributed by atoms with van der Waals surface area (Å²) in [6, 6.07) is 6.99. The Hall–Kier alpha value is -2.76. The van der Waals surface area contributed by atoms with Crippen LogP contribution in [0.15, 0.2) is 29.2 Å². The summed E-state index contributed by atoms with van der Waals surface area (Å²) in [5.74, 6) is 1.57. The van der Waals surface area contributed by atoms with E-state index in [1.165, 1.54) is 4.31 Å². The van der Waals surface area contributed by atoms with E-state index in [0.717, 1.165) is 43.3 Å². The SMILES string of the molecule is Cc1cc(N2CCN(C)CC2)nc(N2CCN(S(=O)(=O)c3ccc4c(c3)CCC(=O)N4)CC2)n1. The minimum atomic E-state index is -3.61. The number of benzene rings is 1. The molecular formula is C23H31N7O3S. The number of anilines is 3. The molecule has 1 amide bonds. The van der Waals surface area contributed by atoms with E-state index in [0.29, 0.717) is 50.7 Å². The maximum atomic E-state index is 13.3. The second-order valence-electron chi connectivity index (χ2n) is 9.22. The Balaban J connectivity index is 1.28. The van der Waals surface area contributed by atoms with Crippen LogP contribution in [0.3, 0.4) is 0 Å². The molecule has 2 saturated heterocycles. The molecule has 4 heterocycles. The van der Waals surface area contributed by atoms with Crippen LogP contribution in [0.5, 0.6) is 0 Å². The smallest absolute Gasteiger partial charge is 0.243 e. The molecule has 0 aliphatic carbocycles. The third-order valence-electron chi connectivity index (χ3n) is 6.79. The standard InChI is InChI=1S/C23H31N7O3S/c1-17-15-21(28-9-7-27(2)8-10-28)26-23(24-17)29-11-13-30(14-12-29)34(32,33)19-4-5-20-18(16-19)3-6-22(31)25-20/h4-5,15-16H,3,6-14H2,1-2H3,(H,25,31). The first-order chi connectivity index (χ1) is 16.3. The topological polar surface area (TPSA) is 102 Å². The van der Waals surface area contributed by atoms with E-state index in [4.69, 9.17) is 4.98 Å². The van der Waals surface area contributed by atoms with Crippen molar-refractivity contribution in [2.24, 2.45) is 0 Å². The van der Waals surface area contributed by atoms with Crippen molar-refractivity contribution in [2.45, 2.75) is 24.7 Å². The number of aromatic nitrogens is 2. The van der Waals surface area contributed by atoms with Crippen LogP contribution < -0.4 is 15.1 Å². The lowest BCUT2D eigenvalue weighted by atomic mass is 10.0. The second kappa shape index (κ2) is 9.12. The first-order valence-electron chi connectivity index (χ1n) is 11.8. The summed E-state index contributed by atoms with van der Waals surface area (Å²) >= 11 is 0. The van der Waals surface area contributed by atoms with Crippen molar-refractivity contribution in [1.29, 1.82) is 0 Å². The average molecular weight is 486 g/mol. The molecule has 0 atom stereocenters. The van der Waals surface area contributed by atoms with Gasteiger partial charge in [-0.3, -0.25) is 4.79 Å². The largest absolute Gasteiger partial charge is 0.354 e. The van der Waals surface area contributed by atoms with Crippen LogP contribution in [-0.2, 0) is 21.2 Å². The lowest BCUT2D eigenvalue weighted by molar-refractivity contribution is -0.116. The first-order valence-corrected chi connectivity index (χ1v) is 13.2. The zero-order valence-electron chi connectivity index (χ0n) is 19.7. The number of hydrogen-bond donors (Lipinski definition) is 1. The van der Waals surface area contributed by atoms with Crippen LogP contribution >= 0.6 is 0 Å². The Morgan fingerprint density at radius 1 is 0.882 bits per heavy atom. The number of rotatable bonds is 4. The molecular weight excluding hydrogens is 454 g/mol. The number of sulfonamides is 1. The zero-order valence-corrected chi connectivity index (χ0v) is 20.5. The van der Waals surface area contributed by atoms with Crippen LogP contribution in [0.4, 0.5) is 17.5 Å². The van der Waals surface area contributed by atoms with Gasteiger partial charge in [-0.25, -0.2) is 13.4 Å². The fourth-order valence-electron chi connectivity index (χ4n) is 4.67. The molecule has 0 spiro atoms. The number of carbonyl (C=O) groups excluding carboxylic acids is 1. The number of nitrogens with zero attached hydrogens (tertiary/aromatic N) is 6. The summed E-state index contributed by atoms with van der Waals surface area (Å²) in [6.45, 7) is 7.66. The molecule has 3 aliphatic heterocycles. The fraction of sp³-hybridized carbons (Fsp3) is 0.522. The van der Waals surface area contributed by atoms with E-state index < -0.39 is 10.0 Å². The van der Waals surface area contributed by atoms with E-state index in [2.05, 4.69) is 32.0 Å². The molecule has 0 radical (unpaired) electrons. The summed E-state index contributed by atoms with van der Waals surface area (Å²) in [4.78, 5) is 28.0. The van der Waals surface area contributed by atoms with Crippen LogP contribution in [0.1, 0.15) is 17.7 Å². The lowest BCUT2D eigenvalue weighted by Crippen LogP contribution is -2.49. The molecule has 2 aromatic rings. The molecule has 1 aromatic heterocycles. The van der Waals surface area contributed by atoms with Crippen LogP contribution in [0, 0.1) is 6.92 Å². The van der Waals surface area contributed by atoms with Gasteiger partial charge >= 0.3 is 0 Å². The molecule has 1 aromatic carbocycles. The van der Waals surface area contributed by atoms with Gasteiger partial charge in [0.1, 0.15) is 5.82 Å². The Labute approximate surface area is 200 Å². The molecule has 0 saturated carbocycles. The van der Waals surface area contributed by atoms with Crippen molar-refractivity contribution in [3.05, 3.63) is 35.5 Å². The number of aryl methyl sites for hydroxylation is 2. The van der Waals surface area contributed by atoms with Crippen molar-refractivity contribution >= 4 is 33.4 Å². The summed E-state index contributed by atoms with van der Waals surface area (Å²) in [7, 11) is -1.48. The van der Waals surface area contributed by atoms with Gasteiger partial charge < -0.3 is 20.0 Å². The third-order valence-corrected chi connectivity index (χ3v) is 8.68. The minimum Gasteiger partial charge on any atom is -0.354 e. The molecule has 0 unspecified atom stereocenters. The summed E-state index contributed by atoms with van der Waals surface area (Å²) in [6.07, 6.45) is 0.931. The van der Waals surface area contributed by atoms with Crippen molar-refractivity contribution in [3.8, 4) is 0 Å². The number of amides is 1. The maximum absolute atomic E-state index is 13.3. The zero-order chi connectivity index (χ0) is 23.9. The Morgan fingerprint density at radius 2 is 1.59 bits per heavy atom. The summed E-state index contributed by atoms with van der Waals surface area (Å²) in [5.41, 5.74) is 2.48. The molecule has 2 fully saturated rings. The third kappa shape index (κ3) is 4.59. The molecule has 34 heavy (non-hydrogen) atoms. The first kappa shape index (κ1) is 23.0. The number of piperazine rings is 2. The molecule has 10 nitrogen and oxygen atoms in total. The van der Waals surface area contributed by atoms with Gasteiger partial charge in [-0.15, -0.1) is 0 Å². The monoisotopic (exact) mass is 485 g/mol. The van der Waals surface area contributed by atoms with Crippen molar-refractivity contribution in [1.82, 2.24) is 19.2 Å². The molecule has 0 bridgehead atoms. The molecule has 182 valence electrons. The molecule has 1 N–H and O–H groups in total. The van der Waals surface area contributed by atoms with Crippen LogP contribution in [0.25, 0.3) is 0 Å². The quantitative estimate of drug-likeness (QED) is 0.683. The highest BCUT2D eigenvalue weighted by atomic mass is 32.2. The highest BCUT2D eigenvalue weighted by Gasteiger charge is 2.31. The van der Waals surface area contributed by atoms with Gasteiger partial charge in [-0.1, -0.05) is 0 Å². The van der Waals surface area contributed by atoms with E-state index in [1.54, 1.807) is 18.2 Å². The predicted octanol–water partition coefficient (Wildman–Crippen LogP) is 0.932. The summed E-state index contributed by atoms with van der Waals surface area (Å²) < 4.78 is 28.1. The molecule has 5 rings (SSSR count). The predicted molar refractivity (Wildman–Crippen MR) is 131 cm³/mol. The van der Waals surface area contributed by atoms with Crippen LogP contribution in [-0.4, -0.2) is 92.9 Å². The minimum absolute atomic E-state index is 0.0339. The number of carbonyl (C=O) groups is 1. The van der Waals surface area contributed by atoms with Gasteiger partial charge in [-0.2, -0.15) is 9.29 Å².